The average molecular weight is 445 g/mol. The smallest absolute Gasteiger partial charge is 0.256 e. The van der Waals surface area contributed by atoms with Gasteiger partial charge >= 0.3 is 0 Å². The van der Waals surface area contributed by atoms with Crippen LogP contribution in [0.2, 0.25) is 0 Å². The summed E-state index contributed by atoms with van der Waals surface area (Å²) in [5, 5.41) is 0.993. The van der Waals surface area contributed by atoms with E-state index in [4.69, 9.17) is 0 Å². The predicted molar refractivity (Wildman–Crippen MR) is 132 cm³/mol. The van der Waals surface area contributed by atoms with E-state index < -0.39 is 0 Å². The molecule has 6 heteroatoms. The number of fused-ring (bicyclic) bond motifs is 1. The standard InChI is InChI=1S/C27H32N4O2/c1-20-26(23-9-5-6-10-24(23)28-20)27(33)31-13-11-21(12-14-31)19-25(32)30-17-15-29(16-18-30)22-7-3-2-4-8-22/h2-10,21,28H,11-19H2,1H3. The summed E-state index contributed by atoms with van der Waals surface area (Å²) in [6.45, 7) is 6.74. The van der Waals surface area contributed by atoms with Crippen LogP contribution in [0.3, 0.4) is 0 Å². The monoisotopic (exact) mass is 444 g/mol. The number of carbonyl (C=O) groups is 2. The summed E-state index contributed by atoms with van der Waals surface area (Å²) in [6, 6.07) is 18.4. The number of aryl methyl sites for hydroxylation is 1. The van der Waals surface area contributed by atoms with Crippen LogP contribution in [0.15, 0.2) is 54.6 Å². The number of likely N-dealkylation sites (tertiary alicyclic amines) is 1. The molecule has 6 nitrogen and oxygen atoms in total. The van der Waals surface area contributed by atoms with E-state index in [1.165, 1.54) is 5.69 Å². The molecular formula is C27H32N4O2. The molecule has 0 spiro atoms. The van der Waals surface area contributed by atoms with Crippen molar-refractivity contribution >= 4 is 28.4 Å². The molecule has 3 heterocycles. The van der Waals surface area contributed by atoms with Gasteiger partial charge in [-0.05, 0) is 43.9 Å². The molecule has 2 aliphatic rings. The van der Waals surface area contributed by atoms with Gasteiger partial charge in [-0.2, -0.15) is 0 Å². The van der Waals surface area contributed by atoms with E-state index >= 15 is 0 Å². The lowest BCUT2D eigenvalue weighted by Gasteiger charge is -2.37. The molecule has 0 unspecified atom stereocenters. The number of piperazine rings is 1. The van der Waals surface area contributed by atoms with Crippen molar-refractivity contribution in [3.63, 3.8) is 0 Å². The second-order valence-electron chi connectivity index (χ2n) is 9.31. The Morgan fingerprint density at radius 3 is 2.24 bits per heavy atom. The number of piperidine rings is 1. The maximum atomic E-state index is 13.2. The maximum absolute atomic E-state index is 13.2. The zero-order valence-electron chi connectivity index (χ0n) is 19.3. The van der Waals surface area contributed by atoms with Crippen LogP contribution in [-0.4, -0.2) is 65.9 Å². The molecule has 2 amide bonds. The molecule has 0 radical (unpaired) electrons. The summed E-state index contributed by atoms with van der Waals surface area (Å²) in [5.74, 6) is 0.726. The van der Waals surface area contributed by atoms with E-state index in [1.807, 2.05) is 47.1 Å². The van der Waals surface area contributed by atoms with Crippen LogP contribution in [0, 0.1) is 12.8 Å². The second kappa shape index (κ2) is 9.30. The van der Waals surface area contributed by atoms with E-state index in [0.717, 1.165) is 74.3 Å². The molecule has 2 aromatic carbocycles. The van der Waals surface area contributed by atoms with E-state index in [2.05, 4.69) is 34.1 Å². The third-order valence-corrected chi connectivity index (χ3v) is 7.23. The van der Waals surface area contributed by atoms with Gasteiger partial charge in [0.1, 0.15) is 0 Å². The molecule has 2 fully saturated rings. The lowest BCUT2D eigenvalue weighted by atomic mass is 9.92. The lowest BCUT2D eigenvalue weighted by Crippen LogP contribution is -2.49. The fourth-order valence-corrected chi connectivity index (χ4v) is 5.28. The number of para-hydroxylation sites is 2. The van der Waals surface area contributed by atoms with Crippen LogP contribution in [0.5, 0.6) is 0 Å². The number of H-pyrrole nitrogens is 1. The largest absolute Gasteiger partial charge is 0.368 e. The highest BCUT2D eigenvalue weighted by atomic mass is 16.2. The maximum Gasteiger partial charge on any atom is 0.256 e. The van der Waals surface area contributed by atoms with Gasteiger partial charge in [-0.25, -0.2) is 0 Å². The third kappa shape index (κ3) is 4.47. The van der Waals surface area contributed by atoms with Crippen LogP contribution < -0.4 is 4.90 Å². The molecule has 172 valence electrons. The summed E-state index contributed by atoms with van der Waals surface area (Å²) in [5.41, 5.74) is 3.95. The first-order valence-electron chi connectivity index (χ1n) is 12.0. The summed E-state index contributed by atoms with van der Waals surface area (Å²) in [7, 11) is 0. The van der Waals surface area contributed by atoms with Gasteiger partial charge < -0.3 is 19.7 Å². The number of anilines is 1. The fraction of sp³-hybridized carbons (Fsp3) is 0.407. The number of nitrogens with one attached hydrogen (secondary N) is 1. The molecule has 0 atom stereocenters. The van der Waals surface area contributed by atoms with Gasteiger partial charge in [0.25, 0.3) is 5.91 Å². The van der Waals surface area contributed by atoms with Crippen LogP contribution in [0.25, 0.3) is 10.9 Å². The zero-order chi connectivity index (χ0) is 22.8. The van der Waals surface area contributed by atoms with Crippen molar-refractivity contribution in [3.05, 3.63) is 65.9 Å². The number of aromatic amines is 1. The van der Waals surface area contributed by atoms with E-state index in [1.54, 1.807) is 0 Å². The van der Waals surface area contributed by atoms with Crippen molar-refractivity contribution in [3.8, 4) is 0 Å². The number of benzene rings is 2. The van der Waals surface area contributed by atoms with Crippen molar-refractivity contribution < 1.29 is 9.59 Å². The lowest BCUT2D eigenvalue weighted by molar-refractivity contribution is -0.132. The van der Waals surface area contributed by atoms with E-state index in [0.29, 0.717) is 12.3 Å². The minimum Gasteiger partial charge on any atom is -0.368 e. The van der Waals surface area contributed by atoms with Crippen LogP contribution in [0.4, 0.5) is 5.69 Å². The van der Waals surface area contributed by atoms with Crippen LogP contribution in [0.1, 0.15) is 35.3 Å². The predicted octanol–water partition coefficient (Wildman–Crippen LogP) is 4.07. The van der Waals surface area contributed by atoms with Gasteiger partial charge in [0, 0.05) is 68.0 Å². The molecule has 1 N–H and O–H groups in total. The number of carbonyl (C=O) groups excluding carboxylic acids is 2. The van der Waals surface area contributed by atoms with Gasteiger partial charge in [-0.3, -0.25) is 9.59 Å². The van der Waals surface area contributed by atoms with Crippen molar-refractivity contribution in [2.45, 2.75) is 26.2 Å². The SMILES string of the molecule is Cc1[nH]c2ccccc2c1C(=O)N1CCC(CC(=O)N2CCN(c3ccccc3)CC2)CC1. The zero-order valence-corrected chi connectivity index (χ0v) is 19.3. The van der Waals surface area contributed by atoms with Crippen molar-refractivity contribution in [1.29, 1.82) is 0 Å². The number of hydrogen-bond acceptors (Lipinski definition) is 3. The number of aromatic nitrogens is 1. The fourth-order valence-electron chi connectivity index (χ4n) is 5.28. The first-order chi connectivity index (χ1) is 16.1. The molecule has 1 aromatic heterocycles. The first kappa shape index (κ1) is 21.6. The Morgan fingerprint density at radius 2 is 1.52 bits per heavy atom. The van der Waals surface area contributed by atoms with Crippen LogP contribution in [-0.2, 0) is 4.79 Å². The highest BCUT2D eigenvalue weighted by Gasteiger charge is 2.29. The van der Waals surface area contributed by atoms with Crippen LogP contribution >= 0.6 is 0 Å². The Balaban J connectivity index is 1.12. The van der Waals surface area contributed by atoms with Crippen molar-refractivity contribution in [2.24, 2.45) is 5.92 Å². The number of nitrogens with zero attached hydrogens (tertiary/aromatic N) is 3. The highest BCUT2D eigenvalue weighted by molar-refractivity contribution is 6.08. The van der Waals surface area contributed by atoms with Gasteiger partial charge in [-0.15, -0.1) is 0 Å². The minimum atomic E-state index is 0.103. The third-order valence-electron chi connectivity index (χ3n) is 7.23. The van der Waals surface area contributed by atoms with Crippen molar-refractivity contribution in [1.82, 2.24) is 14.8 Å². The second-order valence-corrected chi connectivity index (χ2v) is 9.31. The van der Waals surface area contributed by atoms with Gasteiger partial charge in [0.15, 0.2) is 0 Å². The molecule has 33 heavy (non-hydrogen) atoms. The molecule has 3 aromatic rings. The normalized spacial score (nSPS) is 17.5. The van der Waals surface area contributed by atoms with Gasteiger partial charge in [-0.1, -0.05) is 36.4 Å². The number of rotatable bonds is 4. The summed E-state index contributed by atoms with van der Waals surface area (Å²) >= 11 is 0. The molecular weight excluding hydrogens is 412 g/mol. The molecule has 2 aliphatic heterocycles. The van der Waals surface area contributed by atoms with E-state index in [-0.39, 0.29) is 11.8 Å². The Kier molecular flexibility index (Phi) is 6.07. The summed E-state index contributed by atoms with van der Waals surface area (Å²) in [6.07, 6.45) is 2.38. The highest BCUT2D eigenvalue weighted by Crippen LogP contribution is 2.27. The topological polar surface area (TPSA) is 59.7 Å². The summed E-state index contributed by atoms with van der Waals surface area (Å²) in [4.78, 5) is 35.8. The summed E-state index contributed by atoms with van der Waals surface area (Å²) < 4.78 is 0. The first-order valence-corrected chi connectivity index (χ1v) is 12.0. The Hall–Kier alpha value is -3.28. The average Bonchev–Trinajstić information content (AvgIpc) is 3.20. The van der Waals surface area contributed by atoms with Gasteiger partial charge in [0.2, 0.25) is 5.91 Å². The Morgan fingerprint density at radius 1 is 0.848 bits per heavy atom. The van der Waals surface area contributed by atoms with Gasteiger partial charge in [0.05, 0.1) is 5.56 Å². The number of amides is 2. The molecule has 5 rings (SSSR count). The van der Waals surface area contributed by atoms with E-state index in [9.17, 15) is 9.59 Å². The quantitative estimate of drug-likeness (QED) is 0.660. The molecule has 0 aliphatic carbocycles. The minimum absolute atomic E-state index is 0.103. The molecule has 0 bridgehead atoms. The molecule has 0 saturated carbocycles. The number of hydrogen-bond donors (Lipinski definition) is 1. The Labute approximate surface area is 195 Å². The molecule has 2 saturated heterocycles. The van der Waals surface area contributed by atoms with Crippen molar-refractivity contribution in [2.75, 3.05) is 44.2 Å². The Bertz CT molecular complexity index is 1120.